The van der Waals surface area contributed by atoms with Gasteiger partial charge < -0.3 is 0 Å². The van der Waals surface area contributed by atoms with E-state index >= 15 is 0 Å². The monoisotopic (exact) mass is 404 g/mol. The first-order valence-electron chi connectivity index (χ1n) is 8.33. The first-order chi connectivity index (χ1) is 12.1. The number of carbonyl (C=O) groups is 2. The van der Waals surface area contributed by atoms with Crippen LogP contribution in [0.4, 0.5) is 11.4 Å². The van der Waals surface area contributed by atoms with Crippen molar-refractivity contribution in [2.24, 2.45) is 0 Å². The van der Waals surface area contributed by atoms with E-state index < -0.39 is 0 Å². The number of benzene rings is 2. The molecule has 132 valence electrons. The molecule has 2 rings (SSSR count). The molecule has 25 heavy (non-hydrogen) atoms. The second-order valence-electron chi connectivity index (χ2n) is 5.62. The van der Waals surface area contributed by atoms with Crippen LogP contribution in [-0.2, 0) is 9.59 Å². The molecule has 0 saturated carbocycles. The van der Waals surface area contributed by atoms with Crippen molar-refractivity contribution in [3.8, 4) is 0 Å². The summed E-state index contributed by atoms with van der Waals surface area (Å²) in [5.74, 6) is 0.133. The third-order valence-corrected chi connectivity index (χ3v) is 5.79. The summed E-state index contributed by atoms with van der Waals surface area (Å²) in [6, 6.07) is 19.5. The van der Waals surface area contributed by atoms with Crippen molar-refractivity contribution in [1.29, 1.82) is 0 Å². The second-order valence-corrected chi connectivity index (χ2v) is 8.19. The SMILES string of the molecule is CC(=O)N(CC[Se]CCN(C(C)=O)c1ccccc1)c1ccccc1. The van der Waals surface area contributed by atoms with Gasteiger partial charge >= 0.3 is 156 Å². The third kappa shape index (κ3) is 6.04. The summed E-state index contributed by atoms with van der Waals surface area (Å²) < 4.78 is 0. The summed E-state index contributed by atoms with van der Waals surface area (Å²) in [5, 5.41) is 1.95. The Kier molecular flexibility index (Phi) is 7.71. The van der Waals surface area contributed by atoms with Crippen LogP contribution in [0.1, 0.15) is 13.8 Å². The number of para-hydroxylation sites is 2. The minimum atomic E-state index is 0.0663. The van der Waals surface area contributed by atoms with Gasteiger partial charge in [-0.1, -0.05) is 0 Å². The van der Waals surface area contributed by atoms with E-state index in [9.17, 15) is 9.59 Å². The summed E-state index contributed by atoms with van der Waals surface area (Å²) in [6.07, 6.45) is 0. The van der Waals surface area contributed by atoms with Crippen molar-refractivity contribution >= 4 is 38.1 Å². The second kappa shape index (κ2) is 10.0. The van der Waals surface area contributed by atoms with Crippen LogP contribution >= 0.6 is 0 Å². The number of nitrogens with zero attached hydrogens (tertiary/aromatic N) is 2. The molecular formula is C20H24N2O2Se. The molecule has 4 nitrogen and oxygen atoms in total. The number of hydrogen-bond acceptors (Lipinski definition) is 2. The molecule has 0 N–H and O–H groups in total. The van der Waals surface area contributed by atoms with Crippen LogP contribution in [0.5, 0.6) is 0 Å². The maximum atomic E-state index is 11.9. The Balaban J connectivity index is 1.81. The Labute approximate surface area is 156 Å². The summed E-state index contributed by atoms with van der Waals surface area (Å²) in [7, 11) is 0. The molecule has 2 aromatic rings. The molecule has 0 aliphatic rings. The number of amides is 2. The Bertz CT molecular complexity index is 617. The van der Waals surface area contributed by atoms with Crippen molar-refractivity contribution < 1.29 is 9.59 Å². The van der Waals surface area contributed by atoms with Crippen molar-refractivity contribution in [1.82, 2.24) is 0 Å². The van der Waals surface area contributed by atoms with E-state index in [2.05, 4.69) is 0 Å². The molecule has 0 fully saturated rings. The number of hydrogen-bond donors (Lipinski definition) is 0. The molecule has 0 aliphatic carbocycles. The Morgan fingerprint density at radius 2 is 1.08 bits per heavy atom. The molecular weight excluding hydrogens is 379 g/mol. The van der Waals surface area contributed by atoms with Crippen molar-refractivity contribution in [3.05, 3.63) is 60.7 Å². The van der Waals surface area contributed by atoms with E-state index in [1.807, 2.05) is 70.5 Å². The fourth-order valence-electron chi connectivity index (χ4n) is 2.57. The van der Waals surface area contributed by atoms with Gasteiger partial charge in [-0.05, 0) is 0 Å². The molecule has 2 amide bonds. The molecule has 0 spiro atoms. The summed E-state index contributed by atoms with van der Waals surface area (Å²) >= 11 is 0.380. The topological polar surface area (TPSA) is 40.6 Å². The standard InChI is InChI=1S/C20H24N2O2Se/c1-17(23)21(19-9-5-3-6-10-19)13-15-25-16-14-22(18(2)24)20-11-7-4-8-12-20/h3-12H,13-16H2,1-2H3. The van der Waals surface area contributed by atoms with Crippen LogP contribution in [-0.4, -0.2) is 39.9 Å². The zero-order valence-electron chi connectivity index (χ0n) is 14.7. The fourth-order valence-corrected chi connectivity index (χ4v) is 4.30. The quantitative estimate of drug-likeness (QED) is 0.499. The summed E-state index contributed by atoms with van der Waals surface area (Å²) in [4.78, 5) is 27.4. The molecule has 0 bridgehead atoms. The molecule has 0 atom stereocenters. The van der Waals surface area contributed by atoms with Gasteiger partial charge in [-0.2, -0.15) is 0 Å². The number of anilines is 2. The molecule has 0 saturated heterocycles. The molecule has 0 aromatic heterocycles. The Hall–Kier alpha value is -2.10. The Morgan fingerprint density at radius 1 is 0.720 bits per heavy atom. The average Bonchev–Trinajstić information content (AvgIpc) is 2.62. The van der Waals surface area contributed by atoms with E-state index in [4.69, 9.17) is 0 Å². The van der Waals surface area contributed by atoms with Gasteiger partial charge in [0.05, 0.1) is 0 Å². The van der Waals surface area contributed by atoms with E-state index in [-0.39, 0.29) is 11.8 Å². The Morgan fingerprint density at radius 3 is 1.40 bits per heavy atom. The minimum absolute atomic E-state index is 0.0663. The van der Waals surface area contributed by atoms with Gasteiger partial charge in [0.25, 0.3) is 0 Å². The third-order valence-electron chi connectivity index (χ3n) is 3.81. The van der Waals surface area contributed by atoms with E-state index in [0.29, 0.717) is 15.0 Å². The molecule has 2 aromatic carbocycles. The molecule has 0 heterocycles. The van der Waals surface area contributed by atoms with Crippen LogP contribution in [0.25, 0.3) is 0 Å². The zero-order valence-corrected chi connectivity index (χ0v) is 16.4. The van der Waals surface area contributed by atoms with Crippen LogP contribution < -0.4 is 9.80 Å². The molecule has 0 radical (unpaired) electrons. The zero-order chi connectivity index (χ0) is 18.1. The van der Waals surface area contributed by atoms with Crippen LogP contribution in [0.3, 0.4) is 0 Å². The van der Waals surface area contributed by atoms with Gasteiger partial charge in [0.1, 0.15) is 0 Å². The van der Waals surface area contributed by atoms with Crippen molar-refractivity contribution in [2.75, 3.05) is 22.9 Å². The van der Waals surface area contributed by atoms with E-state index in [1.54, 1.807) is 13.8 Å². The normalized spacial score (nSPS) is 10.3. The van der Waals surface area contributed by atoms with Gasteiger partial charge in [0.15, 0.2) is 0 Å². The molecule has 0 unspecified atom stereocenters. The molecule has 0 aliphatic heterocycles. The van der Waals surface area contributed by atoms with Gasteiger partial charge in [-0.3, -0.25) is 0 Å². The van der Waals surface area contributed by atoms with Gasteiger partial charge in [-0.15, -0.1) is 0 Å². The number of carbonyl (C=O) groups excluding carboxylic acids is 2. The van der Waals surface area contributed by atoms with E-state index in [0.717, 1.165) is 35.1 Å². The van der Waals surface area contributed by atoms with E-state index in [1.165, 1.54) is 0 Å². The van der Waals surface area contributed by atoms with Gasteiger partial charge in [0.2, 0.25) is 0 Å². The van der Waals surface area contributed by atoms with Gasteiger partial charge in [-0.25, -0.2) is 0 Å². The van der Waals surface area contributed by atoms with Gasteiger partial charge in [0, 0.05) is 0 Å². The van der Waals surface area contributed by atoms with Crippen molar-refractivity contribution in [2.45, 2.75) is 24.5 Å². The summed E-state index contributed by atoms with van der Waals surface area (Å²) in [6.45, 7) is 4.66. The average molecular weight is 403 g/mol. The molecule has 5 heteroatoms. The van der Waals surface area contributed by atoms with Crippen LogP contribution in [0.2, 0.25) is 10.6 Å². The first kappa shape index (κ1) is 19.2. The predicted octanol–water partition coefficient (Wildman–Crippen LogP) is 3.63. The predicted molar refractivity (Wildman–Crippen MR) is 104 cm³/mol. The fraction of sp³-hybridized carbons (Fsp3) is 0.300. The number of rotatable bonds is 8. The first-order valence-corrected chi connectivity index (χ1v) is 10.8. The van der Waals surface area contributed by atoms with Crippen LogP contribution in [0.15, 0.2) is 60.7 Å². The van der Waals surface area contributed by atoms with Crippen molar-refractivity contribution in [3.63, 3.8) is 0 Å². The summed E-state index contributed by atoms with van der Waals surface area (Å²) in [5.41, 5.74) is 1.89. The maximum absolute atomic E-state index is 11.9. The van der Waals surface area contributed by atoms with Crippen LogP contribution in [0, 0.1) is 0 Å².